The van der Waals surface area contributed by atoms with Gasteiger partial charge in [0.2, 0.25) is 45.3 Å². The van der Waals surface area contributed by atoms with Crippen LogP contribution in [-0.2, 0) is 57.6 Å². The molecule has 2 amide bonds. The fourth-order valence-electron chi connectivity index (χ4n) is 12.1. The summed E-state index contributed by atoms with van der Waals surface area (Å²) in [6.45, 7) is 47.6. The number of aromatic nitrogens is 12. The van der Waals surface area contributed by atoms with E-state index >= 15 is 0 Å². The Morgan fingerprint density at radius 3 is 1.18 bits per heavy atom. The maximum absolute atomic E-state index is 12.4. The Hall–Kier alpha value is -9.85. The number of benzene rings is 5. The van der Waals surface area contributed by atoms with E-state index in [2.05, 4.69) is 145 Å². The smallest absolute Gasteiger partial charge is 0.410 e. The molecule has 11 aromatic rings. The normalized spacial score (nSPS) is 12.5. The van der Waals surface area contributed by atoms with Gasteiger partial charge in [0.15, 0.2) is 15.1 Å². The van der Waals surface area contributed by atoms with E-state index in [9.17, 15) is 36.0 Å². The first-order valence-corrected chi connectivity index (χ1v) is 56.0. The molecule has 147 heavy (non-hydrogen) atoms. The molecule has 3 saturated heterocycles. The van der Waals surface area contributed by atoms with Crippen LogP contribution in [0.4, 0.5) is 21.5 Å². The first kappa shape index (κ1) is 133. The molecule has 33 nitrogen and oxygen atoms in total. The number of aliphatic hydroxyl groups excluding tert-OH is 1. The first-order chi connectivity index (χ1) is 68.5. The van der Waals surface area contributed by atoms with Gasteiger partial charge in [0.1, 0.15) is 11.2 Å². The van der Waals surface area contributed by atoms with Crippen molar-refractivity contribution in [2.24, 2.45) is 0 Å². The highest BCUT2D eigenvalue weighted by molar-refractivity contribution is 9.08. The number of rotatable bonds is 22. The van der Waals surface area contributed by atoms with Crippen LogP contribution >= 0.6 is 109 Å². The molecule has 0 unspecified atom stereocenters. The minimum Gasteiger partial charge on any atom is -0.475 e. The summed E-state index contributed by atoms with van der Waals surface area (Å²) in [4.78, 5) is 100. The van der Waals surface area contributed by atoms with Gasteiger partial charge in [0, 0.05) is 177 Å². The molecule has 0 bridgehead atoms. The second-order valence-electron chi connectivity index (χ2n) is 34.9. The third kappa shape index (κ3) is 59.4. The van der Waals surface area contributed by atoms with Crippen LogP contribution in [0.2, 0.25) is 0 Å². The first-order valence-electron chi connectivity index (χ1n) is 46.4. The third-order valence-corrected chi connectivity index (χ3v) is 23.6. The summed E-state index contributed by atoms with van der Waals surface area (Å²) in [5.41, 5.74) is 8.89. The molecule has 810 valence electrons. The fraction of sp³-hybridized carbons (Fsp3) is 0.456. The van der Waals surface area contributed by atoms with E-state index in [1.165, 1.54) is 64.9 Å². The number of aliphatic hydroxyl groups is 1. The average molecular weight is 2290 g/mol. The number of piperazine rings is 3. The average Bonchev–Trinajstić information content (AvgIpc) is 0.809. The summed E-state index contributed by atoms with van der Waals surface area (Å²) in [5.74, 6) is 5.17. The highest BCUT2D eigenvalue weighted by Gasteiger charge is 2.29. The van der Waals surface area contributed by atoms with Gasteiger partial charge in [-0.1, -0.05) is 188 Å². The van der Waals surface area contributed by atoms with Gasteiger partial charge in [0.25, 0.3) is 25.3 Å². The zero-order valence-corrected chi connectivity index (χ0v) is 95.3. The number of hydrogen-bond donors (Lipinski definition) is 6. The highest BCUT2D eigenvalue weighted by atomic mass is 79.9. The molecule has 14 rings (SSSR count). The molecule has 6 N–H and O–H groups in total. The Morgan fingerprint density at radius 2 is 0.803 bits per heavy atom. The van der Waals surface area contributed by atoms with Crippen LogP contribution in [0, 0.1) is 46.3 Å². The van der Waals surface area contributed by atoms with E-state index in [0.717, 1.165) is 109 Å². The quantitative estimate of drug-likeness (QED) is 0.0121. The SMILES string of the molecule is BrCc1ccccc1.C.C.CC(C)(C)OC(=O)N1CCNCC1.Cc1cc(=O)[nH]c(=S)[nH]1.Cc1cc(=O)[nH]c(SCc2ccccc2)n1.Cc1cc(OC(C)C)nc(N2CCN(C(=O)OC(C)(C)C)CC2)n1.Cc1cc(OC(C)C)nc(N2CCNCC2)n1.Cc1cc(OC(C)C)nc(S(=O)(=O)Cc2ccccc2)n1.Cc1cc(OC(C)C)nc(SCc2ccccc2)n1.ClCCl.ClCCl.O=S(=O)(Cl)c1ccc(CO)cc1. The second kappa shape index (κ2) is 71.0. The van der Waals surface area contributed by atoms with E-state index in [1.54, 1.807) is 65.7 Å². The van der Waals surface area contributed by atoms with Crippen LogP contribution in [0.15, 0.2) is 212 Å². The van der Waals surface area contributed by atoms with Gasteiger partial charge >= 0.3 is 12.2 Å². The number of halogens is 6. The number of aromatic amines is 3. The number of nitrogens with zero attached hydrogens (tertiary/aromatic N) is 13. The number of nitrogens with one attached hydrogen (secondary N) is 5. The molecule has 0 radical (unpaired) electrons. The van der Waals surface area contributed by atoms with E-state index in [0.29, 0.717) is 76.5 Å². The number of H-pyrrole nitrogens is 3. The summed E-state index contributed by atoms with van der Waals surface area (Å²) in [7, 11) is -2.17. The number of thioether (sulfide) groups is 2. The molecular formula is C103H146BrCl5N18O15S5. The Morgan fingerprint density at radius 1 is 0.442 bits per heavy atom. The topological polar surface area (TPSA) is 413 Å². The molecule has 44 heteroatoms. The number of carbonyl (C=O) groups excluding carboxylic acids is 2. The van der Waals surface area contributed by atoms with Crippen LogP contribution in [0.5, 0.6) is 23.5 Å². The van der Waals surface area contributed by atoms with Crippen LogP contribution in [0.3, 0.4) is 0 Å². The lowest BCUT2D eigenvalue weighted by Gasteiger charge is -2.35. The van der Waals surface area contributed by atoms with Gasteiger partial charge in [-0.2, -0.15) is 19.9 Å². The lowest BCUT2D eigenvalue weighted by Crippen LogP contribution is -2.50. The summed E-state index contributed by atoms with van der Waals surface area (Å²) in [6.07, 6.45) is -0.216. The van der Waals surface area contributed by atoms with E-state index < -0.39 is 24.5 Å². The van der Waals surface area contributed by atoms with Gasteiger partial charge in [-0.15, -0.1) is 46.4 Å². The number of hydrogen-bond acceptors (Lipinski definition) is 31. The molecule has 0 saturated carbocycles. The number of aryl methyl sites for hydroxylation is 6. The van der Waals surface area contributed by atoms with Gasteiger partial charge in [0.05, 0.1) is 52.3 Å². The van der Waals surface area contributed by atoms with E-state index in [-0.39, 0.29) is 107 Å². The Bertz CT molecular complexity index is 6000. The predicted molar refractivity (Wildman–Crippen MR) is 603 cm³/mol. The largest absolute Gasteiger partial charge is 0.475 e. The van der Waals surface area contributed by atoms with Gasteiger partial charge in [-0.3, -0.25) is 14.6 Å². The van der Waals surface area contributed by atoms with Crippen molar-refractivity contribution in [2.45, 2.75) is 239 Å². The summed E-state index contributed by atoms with van der Waals surface area (Å²) >= 11 is 30.3. The summed E-state index contributed by atoms with van der Waals surface area (Å²) in [5, 5.41) is 17.7. The number of anilines is 2. The highest BCUT2D eigenvalue weighted by Crippen LogP contribution is 2.27. The van der Waals surface area contributed by atoms with Crippen molar-refractivity contribution in [3.8, 4) is 23.5 Å². The van der Waals surface area contributed by atoms with Crippen molar-refractivity contribution >= 4 is 152 Å². The summed E-state index contributed by atoms with van der Waals surface area (Å²) < 4.78 is 79.7. The van der Waals surface area contributed by atoms with Gasteiger partial charge < -0.3 is 73.7 Å². The monoisotopic (exact) mass is 2290 g/mol. The third-order valence-electron chi connectivity index (χ3n) is 18.1. The number of sulfone groups is 1. The molecule has 9 heterocycles. The Kier molecular flexibility index (Phi) is 64.3. The number of ether oxygens (including phenoxy) is 6. The van der Waals surface area contributed by atoms with Crippen LogP contribution in [0.25, 0.3) is 0 Å². The van der Waals surface area contributed by atoms with Crippen molar-refractivity contribution in [3.05, 3.63) is 269 Å². The van der Waals surface area contributed by atoms with Crippen molar-refractivity contribution in [1.29, 1.82) is 0 Å². The van der Waals surface area contributed by atoms with Crippen LogP contribution in [-0.4, -0.2) is 229 Å². The Balaban J connectivity index is 0.000000562. The zero-order valence-electron chi connectivity index (χ0n) is 85.9. The van der Waals surface area contributed by atoms with E-state index in [1.807, 2.05) is 203 Å². The summed E-state index contributed by atoms with van der Waals surface area (Å²) in [6, 6.07) is 55.6. The molecule has 0 aliphatic carbocycles. The van der Waals surface area contributed by atoms with Gasteiger partial charge in [-0.25, -0.2) is 51.3 Å². The van der Waals surface area contributed by atoms with Crippen molar-refractivity contribution in [2.75, 3.05) is 99.0 Å². The molecule has 0 spiro atoms. The maximum Gasteiger partial charge on any atom is 0.410 e. The molecule has 6 aromatic heterocycles. The van der Waals surface area contributed by atoms with Crippen LogP contribution < -0.4 is 50.5 Å². The van der Waals surface area contributed by atoms with Gasteiger partial charge in [-0.05, 0) is 191 Å². The molecule has 5 aromatic carbocycles. The van der Waals surface area contributed by atoms with E-state index in [4.69, 9.17) is 90.6 Å². The van der Waals surface area contributed by atoms with Crippen LogP contribution in [0.1, 0.15) is 174 Å². The minimum absolute atomic E-state index is 0. The molecule has 0 atom stereocenters. The number of carbonyl (C=O) groups is 2. The number of amides is 2. The van der Waals surface area contributed by atoms with Crippen molar-refractivity contribution < 1.29 is 60.0 Å². The number of alkyl halides is 5. The zero-order chi connectivity index (χ0) is 108. The molecular weight excluding hydrogens is 2150 g/mol. The molecule has 3 aliphatic heterocycles. The second-order valence-corrected chi connectivity index (χ2v) is 43.9. The maximum atomic E-state index is 12.4. The molecule has 3 fully saturated rings. The minimum atomic E-state index is -3.64. The predicted octanol–water partition coefficient (Wildman–Crippen LogP) is 21.8. The molecule has 3 aliphatic rings. The lowest BCUT2D eigenvalue weighted by atomic mass is 10.2. The lowest BCUT2D eigenvalue weighted by molar-refractivity contribution is 0.0222. The van der Waals surface area contributed by atoms with Crippen molar-refractivity contribution in [3.63, 3.8) is 0 Å². The Labute approximate surface area is 915 Å². The fourth-order valence-corrected chi connectivity index (χ4v) is 16.5. The standard InChI is InChI=1S/C17H28N4O3.C15H18N2O3S.C15H18N2OS.C12H20N4O.C12H12N2OS.C9H18N2O2.C7H7Br.C7H7ClO3S.C5H6N2OS.2CH2Cl2.2CH4/c1-12(2)23-14-11-13(3)18-15(19-14)20-7-9-21(10-8-20)16(22)24-17(4,5)6;1-11(2)20-14-9-12(3)16-15(17-14)21(18,19)10-13-7-5-4-6-8-13;1-11(2)18-14-9-12(3)16-15(17-14)19-10-13-7-5-4-6-8-13;1-9(2)17-11-8-10(3)14-12(15-11)16-6-4-13-5-7-16;1-9-7-11(15)14-12(13-9)16-8-10-5-3-2-4-6-10;1-9(2,3)13-8(12)11-6-4-10-5-7-11;8-6-7-4-2-1-3-5-7;8-12(10,11)7-3-1-6(5-9)2-4-7;1-3-2-4(8)7-5(9)6-3;2*2-1-3;;/h11-12H,7-10H2,1-6H3;4-9,11H,10H2,1-3H3;4-9,11H,10H2,1-3H3;8-9,13H,4-7H2,1-3H3;2-7H,8H2,1H3,(H,13,14,15);10H,4-7H2,1-3H3;1-5H,6H2;1-4,9H,5H2;2H,1H3,(H2,6,7,8,9);2*1H2;2*1H4. The van der Waals surface area contributed by atoms with Crippen molar-refractivity contribution in [1.82, 2.24) is 80.2 Å².